The standard InChI is InChI=1S/C67H126O6/c1-4-7-10-13-16-19-22-24-25-26-27-28-29-30-31-32-33-34-35-36-37-38-39-40-41-43-45-48-51-54-57-60-66(69)72-63-64(62-71-65(68)59-56-53-50-47-44-21-18-15-12-9-6-3)73-67(70)61-58-55-52-49-46-42-23-20-17-14-11-8-5-2/h22,24,26-27,64H,4-21,23,25,28-63H2,1-3H3/b24-22-,27-26-. The molecular weight excluding hydrogens is 901 g/mol. The lowest BCUT2D eigenvalue weighted by molar-refractivity contribution is -0.167. The van der Waals surface area contributed by atoms with Gasteiger partial charge in [-0.15, -0.1) is 0 Å². The molecule has 0 aliphatic carbocycles. The van der Waals surface area contributed by atoms with Crippen LogP contribution >= 0.6 is 0 Å². The van der Waals surface area contributed by atoms with E-state index in [1.807, 2.05) is 0 Å². The molecule has 0 N–H and O–H groups in total. The first-order chi connectivity index (χ1) is 36.0. The van der Waals surface area contributed by atoms with Crippen molar-refractivity contribution in [3.05, 3.63) is 24.3 Å². The molecule has 73 heavy (non-hydrogen) atoms. The molecule has 0 fully saturated rings. The minimum Gasteiger partial charge on any atom is -0.462 e. The summed E-state index contributed by atoms with van der Waals surface area (Å²) in [7, 11) is 0. The van der Waals surface area contributed by atoms with Crippen LogP contribution in [0.1, 0.15) is 367 Å². The average Bonchev–Trinajstić information content (AvgIpc) is 3.39. The summed E-state index contributed by atoms with van der Waals surface area (Å²) in [4.78, 5) is 38.2. The molecule has 0 aromatic heterocycles. The van der Waals surface area contributed by atoms with Gasteiger partial charge in [0.25, 0.3) is 0 Å². The first kappa shape index (κ1) is 70.9. The van der Waals surface area contributed by atoms with Gasteiger partial charge in [0.1, 0.15) is 13.2 Å². The molecule has 6 heteroatoms. The van der Waals surface area contributed by atoms with Crippen LogP contribution in [0.4, 0.5) is 0 Å². The van der Waals surface area contributed by atoms with Crippen molar-refractivity contribution >= 4 is 17.9 Å². The number of hydrogen-bond acceptors (Lipinski definition) is 6. The molecule has 0 saturated carbocycles. The highest BCUT2D eigenvalue weighted by molar-refractivity contribution is 5.71. The average molecular weight is 1030 g/mol. The van der Waals surface area contributed by atoms with Crippen LogP contribution in [0.3, 0.4) is 0 Å². The quantitative estimate of drug-likeness (QED) is 0.0261. The van der Waals surface area contributed by atoms with Crippen molar-refractivity contribution in [3.8, 4) is 0 Å². The monoisotopic (exact) mass is 1030 g/mol. The predicted molar refractivity (Wildman–Crippen MR) is 316 cm³/mol. The molecule has 0 aromatic carbocycles. The Balaban J connectivity index is 4.04. The van der Waals surface area contributed by atoms with Crippen molar-refractivity contribution in [3.63, 3.8) is 0 Å². The highest BCUT2D eigenvalue weighted by Crippen LogP contribution is 2.18. The van der Waals surface area contributed by atoms with Crippen molar-refractivity contribution in [2.75, 3.05) is 13.2 Å². The van der Waals surface area contributed by atoms with Gasteiger partial charge in [0, 0.05) is 19.3 Å². The van der Waals surface area contributed by atoms with Crippen LogP contribution in [-0.4, -0.2) is 37.2 Å². The van der Waals surface area contributed by atoms with E-state index in [1.165, 1.54) is 263 Å². The third kappa shape index (κ3) is 60.6. The Bertz CT molecular complexity index is 1180. The van der Waals surface area contributed by atoms with E-state index in [2.05, 4.69) is 45.1 Å². The van der Waals surface area contributed by atoms with Crippen molar-refractivity contribution in [1.29, 1.82) is 0 Å². The second kappa shape index (κ2) is 62.4. The van der Waals surface area contributed by atoms with E-state index in [1.54, 1.807) is 0 Å². The van der Waals surface area contributed by atoms with E-state index >= 15 is 0 Å². The van der Waals surface area contributed by atoms with Crippen LogP contribution in [0, 0.1) is 0 Å². The summed E-state index contributed by atoms with van der Waals surface area (Å²) in [5.74, 6) is -0.838. The molecule has 0 aromatic rings. The Morgan fingerprint density at radius 1 is 0.274 bits per heavy atom. The van der Waals surface area contributed by atoms with Gasteiger partial charge < -0.3 is 14.2 Å². The molecule has 0 spiro atoms. The second-order valence-electron chi connectivity index (χ2n) is 22.4. The van der Waals surface area contributed by atoms with Crippen LogP contribution in [0.5, 0.6) is 0 Å². The molecule has 0 bridgehead atoms. The lowest BCUT2D eigenvalue weighted by Gasteiger charge is -2.18. The lowest BCUT2D eigenvalue weighted by Crippen LogP contribution is -2.30. The maximum atomic E-state index is 12.8. The lowest BCUT2D eigenvalue weighted by atomic mass is 10.0. The Morgan fingerprint density at radius 3 is 0.753 bits per heavy atom. The van der Waals surface area contributed by atoms with E-state index in [9.17, 15) is 14.4 Å². The molecule has 0 rings (SSSR count). The Hall–Kier alpha value is -2.11. The maximum Gasteiger partial charge on any atom is 0.306 e. The van der Waals surface area contributed by atoms with Crippen LogP contribution < -0.4 is 0 Å². The normalized spacial score (nSPS) is 12.1. The third-order valence-electron chi connectivity index (χ3n) is 15.0. The summed E-state index contributed by atoms with van der Waals surface area (Å²) >= 11 is 0. The van der Waals surface area contributed by atoms with Crippen molar-refractivity contribution in [2.45, 2.75) is 374 Å². The molecule has 0 amide bonds. The number of carbonyl (C=O) groups excluding carboxylic acids is 3. The third-order valence-corrected chi connectivity index (χ3v) is 15.0. The summed E-state index contributed by atoms with van der Waals surface area (Å²) < 4.78 is 16.9. The fourth-order valence-electron chi connectivity index (χ4n) is 10.0. The number of ether oxygens (including phenoxy) is 3. The van der Waals surface area contributed by atoms with E-state index < -0.39 is 6.10 Å². The number of hydrogen-bond donors (Lipinski definition) is 0. The molecule has 0 radical (unpaired) electrons. The zero-order valence-electron chi connectivity index (χ0n) is 49.4. The largest absolute Gasteiger partial charge is 0.462 e. The van der Waals surface area contributed by atoms with E-state index in [-0.39, 0.29) is 31.1 Å². The first-order valence-electron chi connectivity index (χ1n) is 32.8. The fraction of sp³-hybridized carbons (Fsp3) is 0.896. The van der Waals surface area contributed by atoms with Gasteiger partial charge in [-0.2, -0.15) is 0 Å². The molecule has 0 aliphatic rings. The zero-order chi connectivity index (χ0) is 52.9. The van der Waals surface area contributed by atoms with Crippen LogP contribution in [-0.2, 0) is 28.6 Å². The van der Waals surface area contributed by atoms with Crippen molar-refractivity contribution in [2.24, 2.45) is 0 Å². The van der Waals surface area contributed by atoms with Gasteiger partial charge in [-0.1, -0.05) is 321 Å². The van der Waals surface area contributed by atoms with Gasteiger partial charge >= 0.3 is 17.9 Å². The van der Waals surface area contributed by atoms with Gasteiger partial charge in [0.2, 0.25) is 0 Å². The van der Waals surface area contributed by atoms with E-state index in [4.69, 9.17) is 14.2 Å². The summed E-state index contributed by atoms with van der Waals surface area (Å²) in [6.07, 6.45) is 74.9. The molecule has 1 unspecified atom stereocenters. The van der Waals surface area contributed by atoms with Crippen LogP contribution in [0.2, 0.25) is 0 Å². The SMILES string of the molecule is CCCCCCC/C=C\C/C=C\CCCCCCCCCCCCCCCCCCCCCC(=O)OCC(COC(=O)CCCCCCCCCCCCC)OC(=O)CCCCCCCCCCCCCCC. The second-order valence-corrected chi connectivity index (χ2v) is 22.4. The van der Waals surface area contributed by atoms with Gasteiger partial charge in [0.15, 0.2) is 6.10 Å². The number of unbranched alkanes of at least 4 members (excludes halogenated alkanes) is 46. The summed E-state index contributed by atoms with van der Waals surface area (Å²) in [6, 6.07) is 0. The number of allylic oxidation sites excluding steroid dienone is 4. The van der Waals surface area contributed by atoms with Crippen LogP contribution in [0.25, 0.3) is 0 Å². The Kier molecular flexibility index (Phi) is 60.6. The maximum absolute atomic E-state index is 12.8. The fourth-order valence-corrected chi connectivity index (χ4v) is 10.0. The van der Waals surface area contributed by atoms with Crippen molar-refractivity contribution in [1.82, 2.24) is 0 Å². The summed E-state index contributed by atoms with van der Waals surface area (Å²) in [6.45, 7) is 6.68. The van der Waals surface area contributed by atoms with Gasteiger partial charge in [-0.25, -0.2) is 0 Å². The van der Waals surface area contributed by atoms with Gasteiger partial charge in [-0.05, 0) is 51.4 Å². The highest BCUT2D eigenvalue weighted by Gasteiger charge is 2.19. The Morgan fingerprint density at radius 2 is 0.493 bits per heavy atom. The molecule has 0 heterocycles. The predicted octanol–water partition coefficient (Wildman–Crippen LogP) is 22.2. The first-order valence-corrected chi connectivity index (χ1v) is 32.8. The number of esters is 3. The molecule has 1 atom stereocenters. The smallest absolute Gasteiger partial charge is 0.306 e. The van der Waals surface area contributed by atoms with E-state index in [0.29, 0.717) is 19.3 Å². The van der Waals surface area contributed by atoms with E-state index in [0.717, 1.165) is 64.2 Å². The molecular formula is C67H126O6. The van der Waals surface area contributed by atoms with Gasteiger partial charge in [0.05, 0.1) is 0 Å². The Labute approximate surface area is 455 Å². The molecule has 6 nitrogen and oxygen atoms in total. The number of carbonyl (C=O) groups is 3. The topological polar surface area (TPSA) is 78.9 Å². The van der Waals surface area contributed by atoms with Crippen molar-refractivity contribution < 1.29 is 28.6 Å². The molecule has 0 aliphatic heterocycles. The summed E-state index contributed by atoms with van der Waals surface area (Å²) in [5, 5.41) is 0. The van der Waals surface area contributed by atoms with Gasteiger partial charge in [-0.3, -0.25) is 14.4 Å². The minimum absolute atomic E-state index is 0.0638. The number of rotatable bonds is 61. The minimum atomic E-state index is -0.764. The summed E-state index contributed by atoms with van der Waals surface area (Å²) in [5.41, 5.74) is 0. The molecule has 430 valence electrons. The van der Waals surface area contributed by atoms with Crippen LogP contribution in [0.15, 0.2) is 24.3 Å². The zero-order valence-corrected chi connectivity index (χ0v) is 49.4. The highest BCUT2D eigenvalue weighted by atomic mass is 16.6. The molecule has 0 saturated heterocycles.